The van der Waals surface area contributed by atoms with Gasteiger partial charge in [-0.1, -0.05) is 20.3 Å². The quantitative estimate of drug-likeness (QED) is 0.791. The first-order valence-corrected chi connectivity index (χ1v) is 12.1. The lowest BCUT2D eigenvalue weighted by atomic mass is 9.41. The molecule has 0 amide bonds. The lowest BCUT2D eigenvalue weighted by Crippen LogP contribution is -2.57. The molecule has 1 aromatic rings. The fourth-order valence-corrected chi connectivity index (χ4v) is 8.63. The maximum Gasteiger partial charge on any atom is 0.156 e. The number of aliphatic hydroxyl groups excluding tert-OH is 1. The first-order chi connectivity index (χ1) is 13.9. The van der Waals surface area contributed by atoms with Crippen molar-refractivity contribution in [2.24, 2.45) is 40.4 Å². The number of aromatic nitrogens is 2. The summed E-state index contributed by atoms with van der Waals surface area (Å²) >= 11 is 0. The van der Waals surface area contributed by atoms with Gasteiger partial charge in [-0.15, -0.1) is 0 Å². The van der Waals surface area contributed by atoms with E-state index in [2.05, 4.69) is 18.8 Å². The number of imidazole rings is 1. The lowest BCUT2D eigenvalue weighted by Gasteiger charge is -2.63. The SMILES string of the molecule is C[C@]12CC[C@@H](O)C[C@@H]1CC[C@@H]1[C@@H]2CC[C@]2(C)[C@@H](C(=O)Cn3ccnc3)CCC[C@@H]12. The van der Waals surface area contributed by atoms with Crippen LogP contribution >= 0.6 is 0 Å². The molecule has 0 radical (unpaired) electrons. The monoisotopic (exact) mass is 398 g/mol. The highest BCUT2D eigenvalue weighted by atomic mass is 16.3. The van der Waals surface area contributed by atoms with E-state index in [-0.39, 0.29) is 17.4 Å². The van der Waals surface area contributed by atoms with Gasteiger partial charge in [0, 0.05) is 18.3 Å². The van der Waals surface area contributed by atoms with Gasteiger partial charge in [0.05, 0.1) is 19.0 Å². The molecule has 4 aliphatic carbocycles. The Hall–Kier alpha value is -1.16. The summed E-state index contributed by atoms with van der Waals surface area (Å²) in [6, 6.07) is 0. The average Bonchev–Trinajstić information content (AvgIpc) is 3.20. The zero-order valence-corrected chi connectivity index (χ0v) is 18.2. The van der Waals surface area contributed by atoms with Gasteiger partial charge in [-0.2, -0.15) is 0 Å². The minimum absolute atomic E-state index is 0.0710. The average molecular weight is 399 g/mol. The molecular formula is C25H38N2O2. The Morgan fingerprint density at radius 1 is 1.07 bits per heavy atom. The standard InChI is InChI=1S/C25H38N2O2/c1-24-10-8-18(28)14-17(24)6-7-19-20-4-3-5-22(25(20,2)11-9-21(19)24)23(29)15-27-13-12-26-16-27/h12-13,16-22,28H,3-11,14-15H2,1-2H3/t17-,18+,19-,20-,21-,22+,24-,25-/m0/s1. The maximum absolute atomic E-state index is 13.3. The van der Waals surface area contributed by atoms with E-state index in [4.69, 9.17) is 0 Å². The van der Waals surface area contributed by atoms with Crippen molar-refractivity contribution in [3.05, 3.63) is 18.7 Å². The summed E-state index contributed by atoms with van der Waals surface area (Å²) in [5.41, 5.74) is 0.589. The molecule has 0 spiro atoms. The second kappa shape index (κ2) is 7.21. The summed E-state index contributed by atoms with van der Waals surface area (Å²) in [6.07, 6.45) is 17.3. The molecule has 0 unspecified atom stereocenters. The highest BCUT2D eigenvalue weighted by Gasteiger charge is 2.59. The number of ketones is 1. The van der Waals surface area contributed by atoms with E-state index in [0.717, 1.165) is 31.1 Å². The summed E-state index contributed by atoms with van der Waals surface area (Å²) in [5.74, 6) is 3.64. The van der Waals surface area contributed by atoms with Gasteiger partial charge >= 0.3 is 0 Å². The molecule has 4 heteroatoms. The molecule has 29 heavy (non-hydrogen) atoms. The predicted octanol–water partition coefficient (Wildman–Crippen LogP) is 4.86. The number of hydrogen-bond acceptors (Lipinski definition) is 3. The van der Waals surface area contributed by atoms with E-state index in [1.54, 1.807) is 12.5 Å². The smallest absolute Gasteiger partial charge is 0.156 e. The van der Waals surface area contributed by atoms with Gasteiger partial charge in [0.1, 0.15) is 0 Å². The maximum atomic E-state index is 13.3. The molecule has 0 bridgehead atoms. The van der Waals surface area contributed by atoms with Gasteiger partial charge in [-0.3, -0.25) is 4.79 Å². The van der Waals surface area contributed by atoms with E-state index in [9.17, 15) is 9.90 Å². The van der Waals surface area contributed by atoms with Gasteiger partial charge < -0.3 is 9.67 Å². The van der Waals surface area contributed by atoms with Crippen LogP contribution in [-0.2, 0) is 11.3 Å². The van der Waals surface area contributed by atoms with Crippen molar-refractivity contribution in [2.75, 3.05) is 0 Å². The molecule has 8 atom stereocenters. The number of carbonyl (C=O) groups is 1. The van der Waals surface area contributed by atoms with Gasteiger partial charge in [-0.25, -0.2) is 4.98 Å². The first kappa shape index (κ1) is 19.8. The fourth-order valence-electron chi connectivity index (χ4n) is 8.63. The number of rotatable bonds is 3. The Balaban J connectivity index is 1.38. The van der Waals surface area contributed by atoms with E-state index in [0.29, 0.717) is 29.6 Å². The van der Waals surface area contributed by atoms with Crippen molar-refractivity contribution in [2.45, 2.75) is 90.7 Å². The molecule has 4 saturated carbocycles. The number of Topliss-reactive ketones (excluding diaryl/α,β-unsaturated/α-hetero) is 1. The third kappa shape index (κ3) is 3.12. The summed E-state index contributed by atoms with van der Waals surface area (Å²) < 4.78 is 1.94. The van der Waals surface area contributed by atoms with E-state index in [1.165, 1.54) is 44.9 Å². The Morgan fingerprint density at radius 3 is 2.66 bits per heavy atom. The molecule has 4 nitrogen and oxygen atoms in total. The second-order valence-corrected chi connectivity index (χ2v) is 11.3. The van der Waals surface area contributed by atoms with Crippen LogP contribution in [0.1, 0.15) is 78.1 Å². The largest absolute Gasteiger partial charge is 0.393 e. The predicted molar refractivity (Wildman–Crippen MR) is 113 cm³/mol. The lowest BCUT2D eigenvalue weighted by molar-refractivity contribution is -0.160. The van der Waals surface area contributed by atoms with Crippen molar-refractivity contribution in [1.29, 1.82) is 0 Å². The van der Waals surface area contributed by atoms with Crippen molar-refractivity contribution in [3.8, 4) is 0 Å². The topological polar surface area (TPSA) is 55.1 Å². The zero-order valence-electron chi connectivity index (χ0n) is 18.2. The Bertz CT molecular complexity index is 746. The van der Waals surface area contributed by atoms with Crippen LogP contribution in [0.4, 0.5) is 0 Å². The molecular weight excluding hydrogens is 360 g/mol. The van der Waals surface area contributed by atoms with Gasteiger partial charge in [0.25, 0.3) is 0 Å². The zero-order chi connectivity index (χ0) is 20.2. The molecule has 0 aromatic carbocycles. The van der Waals surface area contributed by atoms with Crippen molar-refractivity contribution < 1.29 is 9.90 Å². The number of aliphatic hydroxyl groups is 1. The van der Waals surface area contributed by atoms with Crippen molar-refractivity contribution >= 4 is 5.78 Å². The number of carbonyl (C=O) groups excluding carboxylic acids is 1. The molecule has 1 heterocycles. The Morgan fingerprint density at radius 2 is 1.86 bits per heavy atom. The third-order valence-electron chi connectivity index (χ3n) is 10.2. The minimum atomic E-state index is -0.0710. The highest BCUT2D eigenvalue weighted by Crippen LogP contribution is 2.66. The Kier molecular flexibility index (Phi) is 4.92. The normalized spacial score (nSPS) is 47.0. The molecule has 160 valence electrons. The fraction of sp³-hybridized carbons (Fsp3) is 0.840. The first-order valence-electron chi connectivity index (χ1n) is 12.1. The van der Waals surface area contributed by atoms with Crippen LogP contribution in [0.3, 0.4) is 0 Å². The van der Waals surface area contributed by atoms with Crippen LogP contribution in [0.5, 0.6) is 0 Å². The molecule has 1 N–H and O–H groups in total. The molecule has 5 rings (SSSR count). The summed E-state index contributed by atoms with van der Waals surface area (Å²) in [4.78, 5) is 17.5. The minimum Gasteiger partial charge on any atom is -0.393 e. The van der Waals surface area contributed by atoms with Crippen LogP contribution in [0.15, 0.2) is 18.7 Å². The molecule has 4 fully saturated rings. The van der Waals surface area contributed by atoms with E-state index in [1.807, 2.05) is 10.8 Å². The summed E-state index contributed by atoms with van der Waals surface area (Å²) in [5, 5.41) is 10.2. The van der Waals surface area contributed by atoms with E-state index < -0.39 is 0 Å². The van der Waals surface area contributed by atoms with E-state index >= 15 is 0 Å². The molecule has 1 aromatic heterocycles. The van der Waals surface area contributed by atoms with Crippen LogP contribution in [-0.4, -0.2) is 26.5 Å². The summed E-state index contributed by atoms with van der Waals surface area (Å²) in [6.45, 7) is 5.49. The van der Waals surface area contributed by atoms with Gasteiger partial charge in [-0.05, 0) is 92.3 Å². The number of fused-ring (bicyclic) bond motifs is 5. The third-order valence-corrected chi connectivity index (χ3v) is 10.2. The van der Waals surface area contributed by atoms with Gasteiger partial charge in [0.2, 0.25) is 0 Å². The van der Waals surface area contributed by atoms with Crippen LogP contribution in [0, 0.1) is 40.4 Å². The van der Waals surface area contributed by atoms with Crippen LogP contribution in [0.25, 0.3) is 0 Å². The molecule has 0 aliphatic heterocycles. The van der Waals surface area contributed by atoms with Gasteiger partial charge in [0.15, 0.2) is 5.78 Å². The molecule has 4 aliphatic rings. The van der Waals surface area contributed by atoms with Crippen LogP contribution < -0.4 is 0 Å². The van der Waals surface area contributed by atoms with Crippen molar-refractivity contribution in [3.63, 3.8) is 0 Å². The Labute approximate surface area is 175 Å². The van der Waals surface area contributed by atoms with Crippen molar-refractivity contribution in [1.82, 2.24) is 9.55 Å². The second-order valence-electron chi connectivity index (χ2n) is 11.3. The molecule has 0 saturated heterocycles. The number of nitrogens with zero attached hydrogens (tertiary/aromatic N) is 2. The summed E-state index contributed by atoms with van der Waals surface area (Å²) in [7, 11) is 0. The number of hydrogen-bond donors (Lipinski definition) is 1. The van der Waals surface area contributed by atoms with Crippen LogP contribution in [0.2, 0.25) is 0 Å². The highest BCUT2D eigenvalue weighted by molar-refractivity contribution is 5.81.